The number of carbonyl (C=O) groups is 1. The molecule has 0 saturated carbocycles. The number of halogens is 1. The Bertz CT molecular complexity index is 764. The summed E-state index contributed by atoms with van der Waals surface area (Å²) >= 11 is 5.23. The molecule has 3 rings (SSSR count). The molecule has 0 aromatic heterocycles. The van der Waals surface area contributed by atoms with Crippen LogP contribution < -0.4 is 4.90 Å². The van der Waals surface area contributed by atoms with Crippen LogP contribution in [-0.2, 0) is 10.2 Å². The molecule has 0 spiro atoms. The zero-order chi connectivity index (χ0) is 17.5. The number of hydrogen-bond acceptors (Lipinski definition) is 2. The van der Waals surface area contributed by atoms with Crippen molar-refractivity contribution in [2.75, 3.05) is 10.7 Å². The predicted molar refractivity (Wildman–Crippen MR) is 107 cm³/mol. The predicted octanol–water partition coefficient (Wildman–Crippen LogP) is 5.83. The number of anilines is 1. The van der Waals surface area contributed by atoms with Gasteiger partial charge in [0.05, 0.1) is 5.75 Å². The van der Waals surface area contributed by atoms with E-state index in [9.17, 15) is 4.79 Å². The molecule has 1 aliphatic rings. The van der Waals surface area contributed by atoms with E-state index in [2.05, 4.69) is 74.0 Å². The Kier molecular flexibility index (Phi) is 4.80. The van der Waals surface area contributed by atoms with Crippen LogP contribution in [0.1, 0.15) is 42.8 Å². The molecular formula is C20H22BrNOS. The van der Waals surface area contributed by atoms with Crippen molar-refractivity contribution in [1.82, 2.24) is 0 Å². The number of thioether (sulfide) groups is 1. The molecule has 1 unspecified atom stereocenters. The van der Waals surface area contributed by atoms with Gasteiger partial charge in [-0.05, 0) is 47.2 Å². The minimum absolute atomic E-state index is 0.0482. The second-order valence-corrected chi connectivity index (χ2v) is 9.16. The van der Waals surface area contributed by atoms with E-state index in [4.69, 9.17) is 0 Å². The lowest BCUT2D eigenvalue weighted by atomic mass is 9.86. The molecule has 1 aliphatic heterocycles. The third kappa shape index (κ3) is 3.40. The third-order valence-electron chi connectivity index (χ3n) is 4.35. The van der Waals surface area contributed by atoms with E-state index in [1.165, 1.54) is 11.1 Å². The molecule has 2 aromatic rings. The zero-order valence-electron chi connectivity index (χ0n) is 14.5. The molecule has 0 bridgehead atoms. The van der Waals surface area contributed by atoms with Crippen LogP contribution in [-0.4, -0.2) is 11.7 Å². The Morgan fingerprint density at radius 1 is 1.12 bits per heavy atom. The first kappa shape index (κ1) is 17.6. The fourth-order valence-corrected chi connectivity index (χ4v) is 4.30. The smallest absolute Gasteiger partial charge is 0.238 e. The summed E-state index contributed by atoms with van der Waals surface area (Å²) in [7, 11) is 0. The molecule has 1 atom stereocenters. The lowest BCUT2D eigenvalue weighted by Crippen LogP contribution is -2.27. The van der Waals surface area contributed by atoms with Crippen LogP contribution in [0.25, 0.3) is 0 Å². The van der Waals surface area contributed by atoms with Gasteiger partial charge in [-0.2, -0.15) is 0 Å². The SMILES string of the molecule is Cc1cc(N2C(=O)CSC2c2ccc(C(C)(C)C)cc2)ccc1Br. The number of nitrogens with zero attached hydrogens (tertiary/aromatic N) is 1. The summed E-state index contributed by atoms with van der Waals surface area (Å²) < 4.78 is 1.07. The van der Waals surface area contributed by atoms with E-state index >= 15 is 0 Å². The molecule has 2 aromatic carbocycles. The van der Waals surface area contributed by atoms with Gasteiger partial charge in [-0.3, -0.25) is 9.69 Å². The quantitative estimate of drug-likeness (QED) is 0.627. The first-order chi connectivity index (χ1) is 11.3. The van der Waals surface area contributed by atoms with Crippen molar-refractivity contribution < 1.29 is 4.79 Å². The Morgan fingerprint density at radius 2 is 1.79 bits per heavy atom. The standard InChI is InChI=1S/C20H22BrNOS/c1-13-11-16(9-10-17(13)21)22-18(23)12-24-19(22)14-5-7-15(8-6-14)20(2,3)4/h5-11,19H,12H2,1-4H3. The zero-order valence-corrected chi connectivity index (χ0v) is 16.9. The summed E-state index contributed by atoms with van der Waals surface area (Å²) in [6, 6.07) is 14.8. The molecule has 1 amide bonds. The molecule has 1 fully saturated rings. The second kappa shape index (κ2) is 6.57. The van der Waals surface area contributed by atoms with Gasteiger partial charge in [0, 0.05) is 10.2 Å². The van der Waals surface area contributed by atoms with Crippen LogP contribution >= 0.6 is 27.7 Å². The highest BCUT2D eigenvalue weighted by atomic mass is 79.9. The summed E-state index contributed by atoms with van der Waals surface area (Å²) in [5, 5.41) is 0.0482. The number of carbonyl (C=O) groups excluding carboxylic acids is 1. The summed E-state index contributed by atoms with van der Waals surface area (Å²) in [6.45, 7) is 8.70. The number of aryl methyl sites for hydroxylation is 1. The molecule has 4 heteroatoms. The van der Waals surface area contributed by atoms with Crippen LogP contribution in [0.2, 0.25) is 0 Å². The summed E-state index contributed by atoms with van der Waals surface area (Å²) in [6.07, 6.45) is 0. The van der Waals surface area contributed by atoms with Crippen molar-refractivity contribution in [3.63, 3.8) is 0 Å². The third-order valence-corrected chi connectivity index (χ3v) is 6.45. The van der Waals surface area contributed by atoms with Crippen molar-refractivity contribution in [2.24, 2.45) is 0 Å². The lowest BCUT2D eigenvalue weighted by molar-refractivity contribution is -0.115. The van der Waals surface area contributed by atoms with Crippen molar-refractivity contribution in [1.29, 1.82) is 0 Å². The van der Waals surface area contributed by atoms with Crippen LogP contribution in [0.3, 0.4) is 0 Å². The lowest BCUT2D eigenvalue weighted by Gasteiger charge is -2.26. The van der Waals surface area contributed by atoms with Gasteiger partial charge in [0.1, 0.15) is 5.37 Å². The highest BCUT2D eigenvalue weighted by Crippen LogP contribution is 2.42. The van der Waals surface area contributed by atoms with Gasteiger partial charge >= 0.3 is 0 Å². The highest BCUT2D eigenvalue weighted by Gasteiger charge is 2.34. The monoisotopic (exact) mass is 403 g/mol. The van der Waals surface area contributed by atoms with Gasteiger partial charge in [-0.1, -0.05) is 61.0 Å². The molecular weight excluding hydrogens is 382 g/mol. The van der Waals surface area contributed by atoms with E-state index in [0.29, 0.717) is 5.75 Å². The van der Waals surface area contributed by atoms with Crippen LogP contribution in [0, 0.1) is 6.92 Å². The highest BCUT2D eigenvalue weighted by molar-refractivity contribution is 9.10. The molecule has 0 N–H and O–H groups in total. The van der Waals surface area contributed by atoms with E-state index in [-0.39, 0.29) is 16.7 Å². The van der Waals surface area contributed by atoms with E-state index in [0.717, 1.165) is 15.7 Å². The van der Waals surface area contributed by atoms with E-state index in [1.807, 2.05) is 17.0 Å². The van der Waals surface area contributed by atoms with Crippen molar-refractivity contribution in [3.05, 3.63) is 63.6 Å². The first-order valence-corrected chi connectivity index (χ1v) is 9.92. The topological polar surface area (TPSA) is 20.3 Å². The van der Waals surface area contributed by atoms with E-state index in [1.54, 1.807) is 11.8 Å². The maximum atomic E-state index is 12.5. The minimum Gasteiger partial charge on any atom is -0.295 e. The van der Waals surface area contributed by atoms with E-state index < -0.39 is 0 Å². The molecule has 24 heavy (non-hydrogen) atoms. The summed E-state index contributed by atoms with van der Waals surface area (Å²) in [5.41, 5.74) is 4.74. The van der Waals surface area contributed by atoms with Crippen molar-refractivity contribution in [2.45, 2.75) is 38.5 Å². The molecule has 126 valence electrons. The van der Waals surface area contributed by atoms with Crippen molar-refractivity contribution >= 4 is 39.3 Å². The first-order valence-electron chi connectivity index (χ1n) is 8.07. The molecule has 1 heterocycles. The fourth-order valence-electron chi connectivity index (χ4n) is 2.88. The average Bonchev–Trinajstić information content (AvgIpc) is 2.91. The Balaban J connectivity index is 1.94. The van der Waals surface area contributed by atoms with Crippen LogP contribution in [0.15, 0.2) is 46.9 Å². The number of benzene rings is 2. The largest absolute Gasteiger partial charge is 0.295 e. The van der Waals surface area contributed by atoms with Gasteiger partial charge in [0.15, 0.2) is 0 Å². The molecule has 0 aliphatic carbocycles. The normalized spacial score (nSPS) is 18.3. The van der Waals surface area contributed by atoms with Gasteiger partial charge in [-0.25, -0.2) is 0 Å². The summed E-state index contributed by atoms with van der Waals surface area (Å²) in [4.78, 5) is 14.4. The Morgan fingerprint density at radius 3 is 2.38 bits per heavy atom. The number of amides is 1. The van der Waals surface area contributed by atoms with Crippen LogP contribution in [0.5, 0.6) is 0 Å². The molecule has 2 nitrogen and oxygen atoms in total. The fraction of sp³-hybridized carbons (Fsp3) is 0.350. The minimum atomic E-state index is 0.0482. The number of rotatable bonds is 2. The maximum Gasteiger partial charge on any atom is 0.238 e. The maximum absolute atomic E-state index is 12.5. The van der Waals surface area contributed by atoms with Gasteiger partial charge in [0.25, 0.3) is 0 Å². The second-order valence-electron chi connectivity index (χ2n) is 7.23. The van der Waals surface area contributed by atoms with Crippen LogP contribution in [0.4, 0.5) is 5.69 Å². The number of hydrogen-bond donors (Lipinski definition) is 0. The average molecular weight is 404 g/mol. The molecule has 1 saturated heterocycles. The molecule has 0 radical (unpaired) electrons. The van der Waals surface area contributed by atoms with Gasteiger partial charge < -0.3 is 0 Å². The van der Waals surface area contributed by atoms with Gasteiger partial charge in [0.2, 0.25) is 5.91 Å². The Labute approximate surface area is 156 Å². The van der Waals surface area contributed by atoms with Gasteiger partial charge in [-0.15, -0.1) is 11.8 Å². The summed E-state index contributed by atoms with van der Waals surface area (Å²) in [5.74, 6) is 0.701. The van der Waals surface area contributed by atoms with Crippen molar-refractivity contribution in [3.8, 4) is 0 Å². The Hall–Kier alpha value is -1.26.